The zero-order valence-corrected chi connectivity index (χ0v) is 16.9. The van der Waals surface area contributed by atoms with Crippen LogP contribution in [0.3, 0.4) is 0 Å². The van der Waals surface area contributed by atoms with Crippen LogP contribution in [0, 0.1) is 0 Å². The van der Waals surface area contributed by atoms with Crippen molar-refractivity contribution in [3.8, 4) is 5.75 Å². The largest absolute Gasteiger partial charge is 0.497 e. The first kappa shape index (κ1) is 19.8. The molecule has 0 aliphatic carbocycles. The third-order valence-electron chi connectivity index (χ3n) is 4.29. The molecule has 1 saturated heterocycles. The van der Waals surface area contributed by atoms with Gasteiger partial charge in [-0.05, 0) is 23.8 Å². The lowest BCUT2D eigenvalue weighted by molar-refractivity contribution is 0.0731. The van der Waals surface area contributed by atoms with Crippen LogP contribution in [0.1, 0.15) is 15.9 Å². The van der Waals surface area contributed by atoms with Gasteiger partial charge in [-0.25, -0.2) is 8.42 Å². The number of carbonyl (C=O) groups excluding carboxylic acids is 1. The number of amides is 1. The molecule has 1 aromatic heterocycles. The molecule has 0 N–H and O–H groups in total. The van der Waals surface area contributed by atoms with Gasteiger partial charge in [-0.15, -0.1) is 11.3 Å². The monoisotopic (exact) mass is 410 g/mol. The van der Waals surface area contributed by atoms with Gasteiger partial charge in [0.1, 0.15) is 9.96 Å². The fourth-order valence-corrected chi connectivity index (χ4v) is 5.53. The molecule has 0 unspecified atom stereocenters. The van der Waals surface area contributed by atoms with Gasteiger partial charge in [-0.3, -0.25) is 4.79 Å². The summed E-state index contributed by atoms with van der Waals surface area (Å²) in [6, 6.07) is 8.94. The Morgan fingerprint density at radius 3 is 2.74 bits per heavy atom. The average Bonchev–Trinajstić information content (AvgIpc) is 3.19. The quantitative estimate of drug-likeness (QED) is 0.729. The number of thiophene rings is 1. The molecular weight excluding hydrogens is 388 g/mol. The Hall–Kier alpha value is -1.94. The van der Waals surface area contributed by atoms with E-state index in [1.807, 2.05) is 24.3 Å². The summed E-state index contributed by atoms with van der Waals surface area (Å²) in [6.07, 6.45) is 0. The number of hydrogen-bond acceptors (Lipinski definition) is 6. The van der Waals surface area contributed by atoms with Crippen LogP contribution >= 0.6 is 11.3 Å². The molecular formula is C18H22N2O5S2. The Balaban J connectivity index is 1.72. The van der Waals surface area contributed by atoms with Crippen LogP contribution in [0.4, 0.5) is 0 Å². The van der Waals surface area contributed by atoms with Gasteiger partial charge in [0, 0.05) is 32.1 Å². The van der Waals surface area contributed by atoms with Crippen LogP contribution < -0.4 is 4.74 Å². The van der Waals surface area contributed by atoms with Gasteiger partial charge in [0.15, 0.2) is 0 Å². The molecule has 0 saturated carbocycles. The predicted octanol–water partition coefficient (Wildman–Crippen LogP) is 2.05. The fourth-order valence-electron chi connectivity index (χ4n) is 2.82. The summed E-state index contributed by atoms with van der Waals surface area (Å²) in [5.74, 6) is 0.500. The molecule has 9 heteroatoms. The number of ether oxygens (including phenoxy) is 2. The number of carbonyl (C=O) groups is 1. The summed E-state index contributed by atoms with van der Waals surface area (Å²) in [7, 11) is -0.301. The topological polar surface area (TPSA) is 76.2 Å². The van der Waals surface area contributed by atoms with Crippen molar-refractivity contribution in [3.05, 3.63) is 46.8 Å². The summed E-state index contributed by atoms with van der Waals surface area (Å²) in [5.41, 5.74) is 1.30. The van der Waals surface area contributed by atoms with E-state index in [-0.39, 0.29) is 10.1 Å². The van der Waals surface area contributed by atoms with E-state index in [1.165, 1.54) is 10.4 Å². The predicted molar refractivity (Wildman–Crippen MR) is 103 cm³/mol. The van der Waals surface area contributed by atoms with Crippen LogP contribution in [0.25, 0.3) is 0 Å². The third kappa shape index (κ3) is 4.49. The molecule has 3 rings (SSSR count). The molecule has 1 aliphatic rings. The maximum Gasteiger partial charge on any atom is 0.254 e. The normalized spacial score (nSPS) is 15.5. The molecule has 2 aromatic rings. The van der Waals surface area contributed by atoms with E-state index in [0.29, 0.717) is 38.4 Å². The van der Waals surface area contributed by atoms with Crippen LogP contribution in [0.15, 0.2) is 39.9 Å². The second kappa shape index (κ2) is 8.39. The summed E-state index contributed by atoms with van der Waals surface area (Å²) < 4.78 is 37.4. The number of morpholine rings is 1. The van der Waals surface area contributed by atoms with E-state index >= 15 is 0 Å². The van der Waals surface area contributed by atoms with Crippen molar-refractivity contribution in [2.75, 3.05) is 40.5 Å². The van der Waals surface area contributed by atoms with Crippen molar-refractivity contribution >= 4 is 27.3 Å². The molecule has 7 nitrogen and oxygen atoms in total. The Morgan fingerprint density at radius 1 is 1.30 bits per heavy atom. The highest BCUT2D eigenvalue weighted by Crippen LogP contribution is 2.25. The van der Waals surface area contributed by atoms with E-state index in [1.54, 1.807) is 24.4 Å². The summed E-state index contributed by atoms with van der Waals surface area (Å²) in [5, 5.41) is 1.59. The summed E-state index contributed by atoms with van der Waals surface area (Å²) >= 11 is 1.07. The van der Waals surface area contributed by atoms with Crippen molar-refractivity contribution in [2.45, 2.75) is 10.8 Å². The molecule has 27 heavy (non-hydrogen) atoms. The minimum absolute atomic E-state index is 0.183. The number of benzene rings is 1. The molecule has 0 bridgehead atoms. The smallest absolute Gasteiger partial charge is 0.254 e. The van der Waals surface area contributed by atoms with Gasteiger partial charge in [0.25, 0.3) is 15.9 Å². The third-order valence-corrected chi connectivity index (χ3v) is 7.60. The number of nitrogens with zero attached hydrogens (tertiary/aromatic N) is 2. The maximum atomic E-state index is 12.7. The molecule has 1 fully saturated rings. The van der Waals surface area contributed by atoms with E-state index in [2.05, 4.69) is 0 Å². The van der Waals surface area contributed by atoms with Gasteiger partial charge in [-0.1, -0.05) is 12.1 Å². The molecule has 0 atom stereocenters. The minimum Gasteiger partial charge on any atom is -0.497 e. The zero-order valence-electron chi connectivity index (χ0n) is 15.3. The standard InChI is InChI=1S/C18H22N2O5S2/c1-19(12-14-4-3-5-16(10-14)24-2)18(21)15-11-17(26-13-15)27(22,23)20-6-8-25-9-7-20/h3-5,10-11,13H,6-9,12H2,1-2H3. The number of hydrogen-bond donors (Lipinski definition) is 0. The van der Waals surface area contributed by atoms with Crippen LogP contribution in [0.5, 0.6) is 5.75 Å². The van der Waals surface area contributed by atoms with Crippen molar-refractivity contribution in [1.82, 2.24) is 9.21 Å². The SMILES string of the molecule is COc1cccc(CN(C)C(=O)c2csc(S(=O)(=O)N3CCOCC3)c2)c1. The van der Waals surface area contributed by atoms with Crippen LogP contribution in [-0.2, 0) is 21.3 Å². The van der Waals surface area contributed by atoms with Crippen molar-refractivity contribution in [3.63, 3.8) is 0 Å². The Labute approximate surface area is 163 Å². The molecule has 146 valence electrons. The van der Waals surface area contributed by atoms with Crippen LogP contribution in [-0.4, -0.2) is 64.0 Å². The first-order valence-corrected chi connectivity index (χ1v) is 10.8. The maximum absolute atomic E-state index is 12.7. The molecule has 0 radical (unpaired) electrons. The van der Waals surface area contributed by atoms with Gasteiger partial charge in [0.2, 0.25) is 0 Å². The highest BCUT2D eigenvalue weighted by Gasteiger charge is 2.28. The van der Waals surface area contributed by atoms with E-state index in [9.17, 15) is 13.2 Å². The Kier molecular flexibility index (Phi) is 6.15. The molecule has 1 amide bonds. The van der Waals surface area contributed by atoms with Crippen LogP contribution in [0.2, 0.25) is 0 Å². The van der Waals surface area contributed by atoms with Crippen molar-refractivity contribution in [1.29, 1.82) is 0 Å². The number of sulfonamides is 1. The second-order valence-corrected chi connectivity index (χ2v) is 9.26. The van der Waals surface area contributed by atoms with E-state index in [4.69, 9.17) is 9.47 Å². The lowest BCUT2D eigenvalue weighted by Crippen LogP contribution is -2.40. The molecule has 1 aliphatic heterocycles. The van der Waals surface area contributed by atoms with Crippen molar-refractivity contribution < 1.29 is 22.7 Å². The molecule has 1 aromatic carbocycles. The first-order valence-electron chi connectivity index (χ1n) is 8.46. The van der Waals surface area contributed by atoms with E-state index in [0.717, 1.165) is 22.6 Å². The van der Waals surface area contributed by atoms with Gasteiger partial charge >= 0.3 is 0 Å². The minimum atomic E-state index is -3.58. The summed E-state index contributed by atoms with van der Waals surface area (Å²) in [4.78, 5) is 14.3. The Morgan fingerprint density at radius 2 is 2.04 bits per heavy atom. The van der Waals surface area contributed by atoms with Gasteiger partial charge in [0.05, 0.1) is 25.9 Å². The molecule has 2 heterocycles. The highest BCUT2D eigenvalue weighted by atomic mass is 32.2. The van der Waals surface area contributed by atoms with Gasteiger partial charge < -0.3 is 14.4 Å². The first-order chi connectivity index (χ1) is 12.9. The lowest BCUT2D eigenvalue weighted by atomic mass is 10.2. The average molecular weight is 411 g/mol. The second-order valence-electron chi connectivity index (χ2n) is 6.18. The van der Waals surface area contributed by atoms with Crippen molar-refractivity contribution in [2.24, 2.45) is 0 Å². The lowest BCUT2D eigenvalue weighted by Gasteiger charge is -2.25. The highest BCUT2D eigenvalue weighted by molar-refractivity contribution is 7.91. The summed E-state index contributed by atoms with van der Waals surface area (Å²) in [6.45, 7) is 1.84. The number of rotatable bonds is 6. The van der Waals surface area contributed by atoms with Gasteiger partial charge in [-0.2, -0.15) is 4.31 Å². The zero-order chi connectivity index (χ0) is 19.4. The number of methoxy groups -OCH3 is 1. The molecule has 0 spiro atoms. The fraction of sp³-hybridized carbons (Fsp3) is 0.389. The van der Waals surface area contributed by atoms with E-state index < -0.39 is 10.0 Å². The Bertz CT molecular complexity index is 904.